The standard InChI is InChI=1S/C12H16.BH2O2/c1-5-10-6-8-11(9-7-10)12(2,3)4;2-1-3/h5-9H,1H2,2-4H3;2-3H. The van der Waals surface area contributed by atoms with Gasteiger partial charge in [-0.05, 0) is 16.5 Å². The molecule has 1 aromatic rings. The molecule has 0 atom stereocenters. The Morgan fingerprint density at radius 3 is 1.80 bits per heavy atom. The number of rotatable bonds is 1. The molecule has 0 amide bonds. The van der Waals surface area contributed by atoms with E-state index < -0.39 is 0 Å². The van der Waals surface area contributed by atoms with Crippen LogP contribution in [0.4, 0.5) is 0 Å². The molecule has 0 aliphatic rings. The van der Waals surface area contributed by atoms with E-state index in [1.807, 2.05) is 6.08 Å². The zero-order valence-electron chi connectivity index (χ0n) is 9.57. The molecule has 0 saturated heterocycles. The minimum absolute atomic E-state index is 0. The molecule has 1 aromatic carbocycles. The summed E-state index contributed by atoms with van der Waals surface area (Å²) in [7, 11) is 0. The van der Waals surface area contributed by atoms with Gasteiger partial charge in [0.1, 0.15) is 0 Å². The molecule has 0 heterocycles. The fraction of sp³-hybridized carbons (Fsp3) is 0.333. The Hall–Kier alpha value is -1.06. The first-order chi connectivity index (χ1) is 6.95. The Bertz CT molecular complexity index is 285. The second-order valence-corrected chi connectivity index (χ2v) is 4.19. The van der Waals surface area contributed by atoms with Gasteiger partial charge in [-0.1, -0.05) is 57.7 Å². The number of hydrogen-bond acceptors (Lipinski definition) is 2. The molecule has 81 valence electrons. The van der Waals surface area contributed by atoms with Crippen molar-refractivity contribution in [3.8, 4) is 0 Å². The van der Waals surface area contributed by atoms with Crippen molar-refractivity contribution in [1.29, 1.82) is 0 Å². The first-order valence-corrected chi connectivity index (χ1v) is 4.78. The van der Waals surface area contributed by atoms with Gasteiger partial charge < -0.3 is 10.0 Å². The predicted octanol–water partition coefficient (Wildman–Crippen LogP) is 2.13. The van der Waals surface area contributed by atoms with Gasteiger partial charge in [0.2, 0.25) is 0 Å². The zero-order valence-corrected chi connectivity index (χ0v) is 9.57. The summed E-state index contributed by atoms with van der Waals surface area (Å²) < 4.78 is 0. The van der Waals surface area contributed by atoms with Gasteiger partial charge in [0, 0.05) is 0 Å². The van der Waals surface area contributed by atoms with Gasteiger partial charge in [-0.2, -0.15) is 0 Å². The van der Waals surface area contributed by atoms with Crippen molar-refractivity contribution >= 4 is 13.8 Å². The molecule has 0 unspecified atom stereocenters. The average Bonchev–Trinajstić information content (AvgIpc) is 2.18. The van der Waals surface area contributed by atoms with E-state index in [1.54, 1.807) is 0 Å². The summed E-state index contributed by atoms with van der Waals surface area (Å²) in [5.41, 5.74) is 2.80. The summed E-state index contributed by atoms with van der Waals surface area (Å²) in [5, 5.41) is 14.0. The molecule has 0 fully saturated rings. The monoisotopic (exact) mass is 205 g/mol. The van der Waals surface area contributed by atoms with Gasteiger partial charge >= 0.3 is 7.69 Å². The highest BCUT2D eigenvalue weighted by molar-refractivity contribution is 6.13. The van der Waals surface area contributed by atoms with Crippen LogP contribution in [0.25, 0.3) is 6.08 Å². The van der Waals surface area contributed by atoms with E-state index in [1.165, 1.54) is 11.1 Å². The maximum Gasteiger partial charge on any atom is 0.482 e. The third kappa shape index (κ3) is 5.40. The van der Waals surface area contributed by atoms with Gasteiger partial charge in [-0.3, -0.25) is 0 Å². The van der Waals surface area contributed by atoms with Gasteiger partial charge in [0.25, 0.3) is 0 Å². The largest absolute Gasteiger partial charge is 0.482 e. The maximum absolute atomic E-state index is 7.00. The lowest BCUT2D eigenvalue weighted by molar-refractivity contribution is 0.448. The first-order valence-electron chi connectivity index (χ1n) is 4.78. The second kappa shape index (κ2) is 6.43. The summed E-state index contributed by atoms with van der Waals surface area (Å²) in [4.78, 5) is 0. The molecule has 0 spiro atoms. The van der Waals surface area contributed by atoms with Crippen LogP contribution >= 0.6 is 0 Å². The third-order valence-corrected chi connectivity index (χ3v) is 2.01. The molecule has 15 heavy (non-hydrogen) atoms. The Balaban J connectivity index is 0.000000583. The molecule has 0 aliphatic carbocycles. The van der Waals surface area contributed by atoms with Crippen LogP contribution in [0.1, 0.15) is 31.9 Å². The van der Waals surface area contributed by atoms with Crippen LogP contribution in [0.5, 0.6) is 0 Å². The van der Waals surface area contributed by atoms with Crippen LogP contribution in [0.3, 0.4) is 0 Å². The Labute approximate surface area is 92.6 Å². The molecule has 1 radical (unpaired) electrons. The van der Waals surface area contributed by atoms with Crippen LogP contribution < -0.4 is 0 Å². The van der Waals surface area contributed by atoms with Crippen LogP contribution in [0, 0.1) is 0 Å². The Morgan fingerprint density at radius 2 is 1.53 bits per heavy atom. The topological polar surface area (TPSA) is 40.5 Å². The van der Waals surface area contributed by atoms with Crippen molar-refractivity contribution in [2.75, 3.05) is 0 Å². The van der Waals surface area contributed by atoms with E-state index in [2.05, 4.69) is 51.6 Å². The third-order valence-electron chi connectivity index (χ3n) is 2.01. The molecule has 1 rings (SSSR count). The molecule has 2 nitrogen and oxygen atoms in total. The fourth-order valence-corrected chi connectivity index (χ4v) is 1.12. The lowest BCUT2D eigenvalue weighted by atomic mass is 9.87. The summed E-state index contributed by atoms with van der Waals surface area (Å²) in [5.74, 6) is 0. The lowest BCUT2D eigenvalue weighted by Crippen LogP contribution is -2.10. The minimum atomic E-state index is 0. The maximum atomic E-state index is 7.00. The molecule has 0 bridgehead atoms. The molecule has 0 saturated carbocycles. The van der Waals surface area contributed by atoms with Crippen molar-refractivity contribution in [1.82, 2.24) is 0 Å². The Kier molecular flexibility index (Phi) is 5.98. The molecular formula is C12H18BO2. The van der Waals surface area contributed by atoms with Crippen LogP contribution in [0.2, 0.25) is 0 Å². The highest BCUT2D eigenvalue weighted by Crippen LogP contribution is 2.22. The SMILES string of the molecule is C=Cc1ccc(C(C)(C)C)cc1.O[B]O. The van der Waals surface area contributed by atoms with Crippen molar-refractivity contribution in [2.45, 2.75) is 26.2 Å². The van der Waals surface area contributed by atoms with Gasteiger partial charge in [0.05, 0.1) is 0 Å². The molecular weight excluding hydrogens is 187 g/mol. The average molecular weight is 205 g/mol. The van der Waals surface area contributed by atoms with Crippen molar-refractivity contribution in [3.63, 3.8) is 0 Å². The van der Waals surface area contributed by atoms with E-state index in [9.17, 15) is 0 Å². The van der Waals surface area contributed by atoms with Gasteiger partial charge in [-0.25, -0.2) is 0 Å². The minimum Gasteiger partial charge on any atom is -0.429 e. The van der Waals surface area contributed by atoms with E-state index >= 15 is 0 Å². The van der Waals surface area contributed by atoms with Gasteiger partial charge in [0.15, 0.2) is 0 Å². The molecule has 2 N–H and O–H groups in total. The quantitative estimate of drug-likeness (QED) is 0.689. The van der Waals surface area contributed by atoms with E-state index in [-0.39, 0.29) is 13.1 Å². The summed E-state index contributed by atoms with van der Waals surface area (Å²) in [6.07, 6.45) is 1.87. The number of benzene rings is 1. The number of hydrogen-bond donors (Lipinski definition) is 2. The van der Waals surface area contributed by atoms with Crippen LogP contribution in [0.15, 0.2) is 30.8 Å². The van der Waals surface area contributed by atoms with E-state index in [4.69, 9.17) is 10.0 Å². The van der Waals surface area contributed by atoms with Crippen molar-refractivity contribution in [3.05, 3.63) is 42.0 Å². The molecule has 0 aliphatic heterocycles. The Morgan fingerprint density at radius 1 is 1.13 bits per heavy atom. The van der Waals surface area contributed by atoms with Crippen LogP contribution in [-0.4, -0.2) is 17.7 Å². The first kappa shape index (κ1) is 13.9. The van der Waals surface area contributed by atoms with E-state index in [0.29, 0.717) is 0 Å². The molecule has 3 heteroatoms. The van der Waals surface area contributed by atoms with Crippen LogP contribution in [-0.2, 0) is 5.41 Å². The fourth-order valence-electron chi connectivity index (χ4n) is 1.12. The summed E-state index contributed by atoms with van der Waals surface area (Å²) in [6, 6.07) is 8.54. The smallest absolute Gasteiger partial charge is 0.429 e. The normalized spacial score (nSPS) is 9.93. The van der Waals surface area contributed by atoms with Crippen molar-refractivity contribution < 1.29 is 10.0 Å². The summed E-state index contributed by atoms with van der Waals surface area (Å²) >= 11 is 0. The second-order valence-electron chi connectivity index (χ2n) is 4.19. The highest BCUT2D eigenvalue weighted by Gasteiger charge is 2.12. The zero-order chi connectivity index (χ0) is 11.9. The summed E-state index contributed by atoms with van der Waals surface area (Å²) in [6.45, 7) is 10.4. The van der Waals surface area contributed by atoms with Gasteiger partial charge in [-0.15, -0.1) is 0 Å². The molecule has 0 aromatic heterocycles. The highest BCUT2D eigenvalue weighted by atomic mass is 16.4. The predicted molar refractivity (Wildman–Crippen MR) is 65.4 cm³/mol. The van der Waals surface area contributed by atoms with E-state index in [0.717, 1.165) is 0 Å². The van der Waals surface area contributed by atoms with Crippen molar-refractivity contribution in [2.24, 2.45) is 0 Å². The lowest BCUT2D eigenvalue weighted by Gasteiger charge is -2.18.